The van der Waals surface area contributed by atoms with E-state index in [4.69, 9.17) is 18.2 Å². The van der Waals surface area contributed by atoms with Gasteiger partial charge < -0.3 is 9.58 Å². The average Bonchev–Trinajstić information content (AvgIpc) is 3.30. The molecule has 2 aromatic carbocycles. The van der Waals surface area contributed by atoms with Crippen molar-refractivity contribution in [2.75, 3.05) is 5.32 Å². The second kappa shape index (κ2) is 10.2. The number of carbonyl (C=O) groups excluding carboxylic acids is 1. The van der Waals surface area contributed by atoms with Crippen LogP contribution in [0.15, 0.2) is 67.0 Å². The number of hydrogen-bond acceptors (Lipinski definition) is 7. The van der Waals surface area contributed by atoms with Gasteiger partial charge in [0.05, 0.1) is 17.5 Å². The zero-order chi connectivity index (χ0) is 25.9. The van der Waals surface area contributed by atoms with Gasteiger partial charge in [0.1, 0.15) is 11.9 Å². The molecule has 0 bridgehead atoms. The zero-order valence-electron chi connectivity index (χ0n) is 18.5. The van der Waals surface area contributed by atoms with Gasteiger partial charge in [-0.2, -0.15) is 13.8 Å². The number of nitrogens with zero attached hydrogens (tertiary/aromatic N) is 5. The first-order valence-corrected chi connectivity index (χ1v) is 11.7. The summed E-state index contributed by atoms with van der Waals surface area (Å²) in [6, 6.07) is 14.5. The first-order chi connectivity index (χ1) is 17.9. The van der Waals surface area contributed by atoms with E-state index in [0.717, 1.165) is 16.9 Å². The van der Waals surface area contributed by atoms with E-state index in [-0.39, 0.29) is 33.4 Å². The van der Waals surface area contributed by atoms with Crippen LogP contribution in [0.25, 0.3) is 37.7 Å². The molecule has 3 aromatic heterocycles. The maximum Gasteiger partial charge on any atom is 0.387 e. The van der Waals surface area contributed by atoms with E-state index in [1.165, 1.54) is 30.5 Å². The van der Waals surface area contributed by atoms with Crippen molar-refractivity contribution >= 4 is 50.3 Å². The molecule has 1 amide bonds. The first-order valence-electron chi connectivity index (χ1n) is 10.5. The number of para-hydroxylation sites is 1. The van der Waals surface area contributed by atoms with Gasteiger partial charge in [-0.3, -0.25) is 10.1 Å². The molecule has 0 saturated carbocycles. The summed E-state index contributed by atoms with van der Waals surface area (Å²) in [6.07, 6.45) is 2.78. The number of alkyl halides is 2. The number of amides is 1. The third-order valence-electron chi connectivity index (χ3n) is 5.13. The number of benzene rings is 2. The SMILES string of the molecule is [C-]#[N+]c1cc(-c2ccccc2OC(F)F)c(C(=O)Nc2nc3ncc(-c4ccc(Cl)cc4)nc3s2)cn1. The second-order valence-corrected chi connectivity index (χ2v) is 8.85. The van der Waals surface area contributed by atoms with Gasteiger partial charge in [0.2, 0.25) is 0 Å². The Morgan fingerprint density at radius 1 is 1.05 bits per heavy atom. The lowest BCUT2D eigenvalue weighted by Crippen LogP contribution is -2.14. The monoisotopic (exact) mass is 534 g/mol. The maximum atomic E-state index is 13.2. The highest BCUT2D eigenvalue weighted by Gasteiger charge is 2.21. The number of halogens is 3. The summed E-state index contributed by atoms with van der Waals surface area (Å²) in [7, 11) is 0. The molecular weight excluding hydrogens is 522 g/mol. The van der Waals surface area contributed by atoms with Crippen molar-refractivity contribution in [3.05, 3.63) is 89.0 Å². The highest BCUT2D eigenvalue weighted by Crippen LogP contribution is 2.35. The lowest BCUT2D eigenvalue weighted by Gasteiger charge is -2.13. The lowest BCUT2D eigenvalue weighted by atomic mass is 10.00. The van der Waals surface area contributed by atoms with E-state index in [2.05, 4.69) is 34.8 Å². The summed E-state index contributed by atoms with van der Waals surface area (Å²) in [5, 5.41) is 3.51. The molecular formula is C25H13ClF2N6O2S. The molecule has 5 aromatic rings. The molecule has 3 heterocycles. The molecule has 37 heavy (non-hydrogen) atoms. The fourth-order valence-electron chi connectivity index (χ4n) is 3.50. The maximum absolute atomic E-state index is 13.2. The summed E-state index contributed by atoms with van der Waals surface area (Å²) in [4.78, 5) is 34.2. The van der Waals surface area contributed by atoms with Crippen molar-refractivity contribution < 1.29 is 18.3 Å². The van der Waals surface area contributed by atoms with Crippen LogP contribution in [0.2, 0.25) is 5.02 Å². The molecule has 0 aliphatic rings. The van der Waals surface area contributed by atoms with Crippen LogP contribution in [0.4, 0.5) is 19.7 Å². The molecule has 0 saturated heterocycles. The molecule has 1 N–H and O–H groups in total. The van der Waals surface area contributed by atoms with Gasteiger partial charge in [-0.05, 0) is 29.8 Å². The number of fused-ring (bicyclic) bond motifs is 1. The number of carbonyl (C=O) groups is 1. The smallest absolute Gasteiger partial charge is 0.387 e. The van der Waals surface area contributed by atoms with Crippen LogP contribution < -0.4 is 10.1 Å². The van der Waals surface area contributed by atoms with Crippen LogP contribution >= 0.6 is 22.9 Å². The lowest BCUT2D eigenvalue weighted by molar-refractivity contribution is -0.0494. The minimum atomic E-state index is -3.07. The van der Waals surface area contributed by atoms with Gasteiger partial charge in [-0.15, -0.1) is 4.98 Å². The van der Waals surface area contributed by atoms with E-state index in [1.807, 2.05) is 12.1 Å². The van der Waals surface area contributed by atoms with Crippen molar-refractivity contribution in [1.82, 2.24) is 19.9 Å². The van der Waals surface area contributed by atoms with E-state index >= 15 is 0 Å². The molecule has 8 nitrogen and oxygen atoms in total. The highest BCUT2D eigenvalue weighted by atomic mass is 35.5. The normalized spacial score (nSPS) is 10.9. The molecule has 0 aliphatic heterocycles. The van der Waals surface area contributed by atoms with Crippen LogP contribution in [0.1, 0.15) is 10.4 Å². The van der Waals surface area contributed by atoms with Crippen molar-refractivity contribution in [2.45, 2.75) is 6.61 Å². The summed E-state index contributed by atoms with van der Waals surface area (Å²) in [5.41, 5.74) is 2.23. The Labute approximate surface area is 217 Å². The van der Waals surface area contributed by atoms with Crippen LogP contribution in [-0.4, -0.2) is 32.5 Å². The average molecular weight is 535 g/mol. The molecule has 182 valence electrons. The molecule has 0 atom stereocenters. The third kappa shape index (κ3) is 5.20. The van der Waals surface area contributed by atoms with Gasteiger partial charge >= 0.3 is 6.61 Å². The fraction of sp³-hybridized carbons (Fsp3) is 0.0400. The van der Waals surface area contributed by atoms with Gasteiger partial charge in [-0.25, -0.2) is 9.97 Å². The van der Waals surface area contributed by atoms with Crippen LogP contribution in [-0.2, 0) is 0 Å². The van der Waals surface area contributed by atoms with Crippen molar-refractivity contribution in [3.63, 3.8) is 0 Å². The van der Waals surface area contributed by atoms with Crippen molar-refractivity contribution in [2.24, 2.45) is 0 Å². The first kappa shape index (κ1) is 24.2. The van der Waals surface area contributed by atoms with E-state index in [9.17, 15) is 13.6 Å². The second-order valence-electron chi connectivity index (χ2n) is 7.44. The summed E-state index contributed by atoms with van der Waals surface area (Å²) in [6.45, 7) is 4.19. The Kier molecular flexibility index (Phi) is 6.68. The Balaban J connectivity index is 1.48. The summed E-state index contributed by atoms with van der Waals surface area (Å²) in [5.74, 6) is -0.763. The van der Waals surface area contributed by atoms with E-state index < -0.39 is 12.5 Å². The Bertz CT molecular complexity index is 1670. The predicted molar refractivity (Wildman–Crippen MR) is 136 cm³/mol. The zero-order valence-corrected chi connectivity index (χ0v) is 20.1. The van der Waals surface area contributed by atoms with Gasteiger partial charge in [0, 0.05) is 16.1 Å². The fourth-order valence-corrected chi connectivity index (χ4v) is 4.41. The minimum absolute atomic E-state index is 0.0125. The number of aromatic nitrogens is 4. The summed E-state index contributed by atoms with van der Waals surface area (Å²) >= 11 is 7.07. The topological polar surface area (TPSA) is 94.2 Å². The van der Waals surface area contributed by atoms with Crippen LogP contribution in [0, 0.1) is 6.57 Å². The van der Waals surface area contributed by atoms with Crippen LogP contribution in [0.5, 0.6) is 5.75 Å². The Hall–Kier alpha value is -4.53. The molecule has 0 fully saturated rings. The largest absolute Gasteiger partial charge is 0.434 e. The number of rotatable bonds is 6. The molecule has 12 heteroatoms. The number of anilines is 1. The highest BCUT2D eigenvalue weighted by molar-refractivity contribution is 7.21. The number of nitrogens with one attached hydrogen (secondary N) is 1. The molecule has 0 aliphatic carbocycles. The van der Waals surface area contributed by atoms with Gasteiger partial charge in [-0.1, -0.05) is 59.8 Å². The van der Waals surface area contributed by atoms with E-state index in [0.29, 0.717) is 21.2 Å². The van der Waals surface area contributed by atoms with Crippen molar-refractivity contribution in [3.8, 4) is 28.1 Å². The molecule has 0 unspecified atom stereocenters. The summed E-state index contributed by atoms with van der Waals surface area (Å²) < 4.78 is 30.6. The molecule has 5 rings (SSSR count). The van der Waals surface area contributed by atoms with Gasteiger partial charge in [0.15, 0.2) is 15.6 Å². The third-order valence-corrected chi connectivity index (χ3v) is 6.23. The minimum Gasteiger partial charge on any atom is -0.434 e. The Morgan fingerprint density at radius 2 is 1.84 bits per heavy atom. The molecule has 0 radical (unpaired) electrons. The number of ether oxygens (including phenoxy) is 1. The quantitative estimate of drug-likeness (QED) is 0.239. The predicted octanol–water partition coefficient (Wildman–Crippen LogP) is 6.87. The standard InChI is InChI=1S/C25H13ClF2N6O2S/c1-29-20-10-16(15-4-2-3-5-19(15)36-24(27)28)17(11-30-20)22(35)34-25-33-21-23(37-25)32-18(12-31-21)13-6-8-14(26)9-7-13/h2-12,24H,(H,31,33,34,35). The Morgan fingerprint density at radius 3 is 2.59 bits per heavy atom. The van der Waals surface area contributed by atoms with Crippen LogP contribution in [0.3, 0.4) is 0 Å². The number of hydrogen-bond donors (Lipinski definition) is 1. The number of pyridine rings is 1. The van der Waals surface area contributed by atoms with Crippen molar-refractivity contribution in [1.29, 1.82) is 0 Å². The number of thiazole rings is 1. The molecule has 0 spiro atoms. The van der Waals surface area contributed by atoms with E-state index in [1.54, 1.807) is 24.4 Å². The van der Waals surface area contributed by atoms with Gasteiger partial charge in [0.25, 0.3) is 11.7 Å².